The van der Waals surface area contributed by atoms with Gasteiger partial charge in [-0.15, -0.1) is 11.3 Å². The molecule has 1 aromatic heterocycles. The lowest BCUT2D eigenvalue weighted by molar-refractivity contribution is -0.136. The van der Waals surface area contributed by atoms with Crippen molar-refractivity contribution in [3.8, 4) is 0 Å². The van der Waals surface area contributed by atoms with Crippen LogP contribution in [-0.4, -0.2) is 22.3 Å². The Bertz CT molecular complexity index is 637. The maximum absolute atomic E-state index is 12.2. The lowest BCUT2D eigenvalue weighted by atomic mass is 9.75. The number of benzene rings is 1. The third kappa shape index (κ3) is 3.00. The molecule has 0 radical (unpaired) electrons. The van der Waals surface area contributed by atoms with Gasteiger partial charge in [-0.3, -0.25) is 4.79 Å². The first-order valence-electron chi connectivity index (χ1n) is 7.31. The largest absolute Gasteiger partial charge is 0.336 e. The third-order valence-corrected chi connectivity index (χ3v) is 5.10. The molecule has 1 aromatic carbocycles. The summed E-state index contributed by atoms with van der Waals surface area (Å²) in [5.74, 6) is 0.244. The second kappa shape index (κ2) is 5.60. The second-order valence-corrected chi connectivity index (χ2v) is 7.10. The molecule has 110 valence electrons. The number of piperidine rings is 1. The van der Waals surface area contributed by atoms with Gasteiger partial charge >= 0.3 is 0 Å². The summed E-state index contributed by atoms with van der Waals surface area (Å²) in [6.45, 7) is 5.66. The van der Waals surface area contributed by atoms with Crippen LogP contribution in [0.5, 0.6) is 0 Å². The average Bonchev–Trinajstić information content (AvgIpc) is 2.89. The van der Waals surface area contributed by atoms with Crippen molar-refractivity contribution in [2.75, 3.05) is 6.54 Å². The van der Waals surface area contributed by atoms with Crippen molar-refractivity contribution in [2.24, 2.45) is 0 Å². The summed E-state index contributed by atoms with van der Waals surface area (Å²) in [4.78, 5) is 18.7. The highest BCUT2D eigenvalue weighted by Crippen LogP contribution is 2.34. The summed E-state index contributed by atoms with van der Waals surface area (Å²) in [7, 11) is 0. The van der Waals surface area contributed by atoms with E-state index >= 15 is 0 Å². The standard InChI is InChI=1S/C17H20N2OS/c1-13-18-15(11-21-13)10-19-12-17(2,9-8-16(19)20)14-6-4-3-5-7-14/h3-7,11H,8-10,12H2,1-2H3/t17-/m1/s1. The number of carbonyl (C=O) groups is 1. The fraction of sp³-hybridized carbons (Fsp3) is 0.412. The van der Waals surface area contributed by atoms with E-state index in [1.54, 1.807) is 11.3 Å². The Hall–Kier alpha value is -1.68. The van der Waals surface area contributed by atoms with E-state index < -0.39 is 0 Å². The average molecular weight is 300 g/mol. The maximum Gasteiger partial charge on any atom is 0.222 e. The van der Waals surface area contributed by atoms with Gasteiger partial charge in [-0.05, 0) is 18.9 Å². The highest BCUT2D eigenvalue weighted by atomic mass is 32.1. The molecule has 1 saturated heterocycles. The minimum absolute atomic E-state index is 0.0419. The van der Waals surface area contributed by atoms with Gasteiger partial charge in [-0.1, -0.05) is 37.3 Å². The number of thiazole rings is 1. The SMILES string of the molecule is Cc1nc(CN2C[C@](C)(c3ccccc3)CCC2=O)cs1. The molecule has 4 heteroatoms. The second-order valence-electron chi connectivity index (χ2n) is 6.03. The van der Waals surface area contributed by atoms with Crippen molar-refractivity contribution >= 4 is 17.2 Å². The number of aromatic nitrogens is 1. The monoisotopic (exact) mass is 300 g/mol. The van der Waals surface area contributed by atoms with Gasteiger partial charge in [-0.25, -0.2) is 4.98 Å². The van der Waals surface area contributed by atoms with Gasteiger partial charge < -0.3 is 4.90 Å². The zero-order valence-electron chi connectivity index (χ0n) is 12.5. The first kappa shape index (κ1) is 14.3. The van der Waals surface area contributed by atoms with E-state index in [4.69, 9.17) is 0 Å². The topological polar surface area (TPSA) is 33.2 Å². The molecule has 1 amide bonds. The van der Waals surface area contributed by atoms with Crippen LogP contribution < -0.4 is 0 Å². The Morgan fingerprint density at radius 2 is 2.10 bits per heavy atom. The van der Waals surface area contributed by atoms with Crippen molar-refractivity contribution in [1.29, 1.82) is 0 Å². The number of rotatable bonds is 3. The summed E-state index contributed by atoms with van der Waals surface area (Å²) in [5.41, 5.74) is 2.36. The lowest BCUT2D eigenvalue weighted by Crippen LogP contribution is -2.47. The fourth-order valence-corrected chi connectivity index (χ4v) is 3.63. The van der Waals surface area contributed by atoms with Crippen LogP contribution in [0.3, 0.4) is 0 Å². The molecule has 0 bridgehead atoms. The Morgan fingerprint density at radius 1 is 1.33 bits per heavy atom. The van der Waals surface area contributed by atoms with Gasteiger partial charge in [0.2, 0.25) is 5.91 Å². The minimum atomic E-state index is 0.0419. The van der Waals surface area contributed by atoms with Crippen LogP contribution in [0.2, 0.25) is 0 Å². The summed E-state index contributed by atoms with van der Waals surface area (Å²) < 4.78 is 0. The number of nitrogens with zero attached hydrogens (tertiary/aromatic N) is 2. The smallest absolute Gasteiger partial charge is 0.222 e. The Labute approximate surface area is 129 Å². The number of hydrogen-bond acceptors (Lipinski definition) is 3. The van der Waals surface area contributed by atoms with E-state index in [1.807, 2.05) is 17.9 Å². The van der Waals surface area contributed by atoms with Crippen molar-refractivity contribution in [2.45, 2.75) is 38.6 Å². The molecule has 2 aromatic rings. The van der Waals surface area contributed by atoms with Crippen molar-refractivity contribution in [1.82, 2.24) is 9.88 Å². The quantitative estimate of drug-likeness (QED) is 0.869. The van der Waals surface area contributed by atoms with Crippen molar-refractivity contribution < 1.29 is 4.79 Å². The zero-order valence-corrected chi connectivity index (χ0v) is 13.3. The van der Waals surface area contributed by atoms with Crippen molar-refractivity contribution in [3.63, 3.8) is 0 Å². The van der Waals surface area contributed by atoms with Crippen LogP contribution in [0.25, 0.3) is 0 Å². The summed E-state index contributed by atoms with van der Waals surface area (Å²) in [5, 5.41) is 3.11. The van der Waals surface area contributed by atoms with Crippen LogP contribution in [-0.2, 0) is 16.8 Å². The summed E-state index contributed by atoms with van der Waals surface area (Å²) >= 11 is 1.64. The third-order valence-electron chi connectivity index (χ3n) is 4.27. The van der Waals surface area contributed by atoms with Gasteiger partial charge in [0.1, 0.15) is 0 Å². The molecule has 1 fully saturated rings. The van der Waals surface area contributed by atoms with Gasteiger partial charge in [0, 0.05) is 23.8 Å². The summed E-state index contributed by atoms with van der Waals surface area (Å²) in [6, 6.07) is 10.5. The molecule has 3 nitrogen and oxygen atoms in total. The van der Waals surface area contributed by atoms with E-state index in [9.17, 15) is 4.79 Å². The van der Waals surface area contributed by atoms with Crippen LogP contribution in [0.1, 0.15) is 36.0 Å². The Kier molecular flexibility index (Phi) is 3.81. The number of aryl methyl sites for hydroxylation is 1. The van der Waals surface area contributed by atoms with Crippen LogP contribution in [0.4, 0.5) is 0 Å². The van der Waals surface area contributed by atoms with Crippen LogP contribution >= 0.6 is 11.3 Å². The zero-order chi connectivity index (χ0) is 14.9. The fourth-order valence-electron chi connectivity index (χ4n) is 3.03. The molecular formula is C17H20N2OS. The highest BCUT2D eigenvalue weighted by molar-refractivity contribution is 7.09. The molecule has 0 N–H and O–H groups in total. The molecule has 3 rings (SSSR count). The molecule has 0 unspecified atom stereocenters. The molecule has 2 heterocycles. The first-order chi connectivity index (χ1) is 10.1. The van der Waals surface area contributed by atoms with Crippen molar-refractivity contribution in [3.05, 3.63) is 52.0 Å². The van der Waals surface area contributed by atoms with E-state index in [0.29, 0.717) is 13.0 Å². The van der Waals surface area contributed by atoms with Gasteiger partial charge in [-0.2, -0.15) is 0 Å². The van der Waals surface area contributed by atoms with E-state index in [0.717, 1.165) is 23.7 Å². The van der Waals surface area contributed by atoms with Gasteiger partial charge in [0.05, 0.1) is 17.2 Å². The Morgan fingerprint density at radius 3 is 2.76 bits per heavy atom. The number of hydrogen-bond donors (Lipinski definition) is 0. The number of amides is 1. The predicted octanol–water partition coefficient (Wildman–Crippen LogP) is 3.53. The number of carbonyl (C=O) groups excluding carboxylic acids is 1. The molecule has 0 aliphatic carbocycles. The van der Waals surface area contributed by atoms with Gasteiger partial charge in [0.15, 0.2) is 0 Å². The summed E-state index contributed by atoms with van der Waals surface area (Å²) in [6.07, 6.45) is 1.54. The Balaban J connectivity index is 1.80. The number of likely N-dealkylation sites (tertiary alicyclic amines) is 1. The molecule has 0 saturated carbocycles. The van der Waals surface area contributed by atoms with Crippen LogP contribution in [0, 0.1) is 6.92 Å². The van der Waals surface area contributed by atoms with E-state index in [1.165, 1.54) is 5.56 Å². The minimum Gasteiger partial charge on any atom is -0.336 e. The lowest BCUT2D eigenvalue weighted by Gasteiger charge is -2.40. The molecule has 1 aliphatic heterocycles. The normalized spacial score (nSPS) is 22.6. The maximum atomic E-state index is 12.2. The molecular weight excluding hydrogens is 280 g/mol. The predicted molar refractivity (Wildman–Crippen MR) is 85.3 cm³/mol. The first-order valence-corrected chi connectivity index (χ1v) is 8.19. The van der Waals surface area contributed by atoms with Gasteiger partial charge in [0.25, 0.3) is 0 Å². The van der Waals surface area contributed by atoms with Crippen LogP contribution in [0.15, 0.2) is 35.7 Å². The molecule has 21 heavy (non-hydrogen) atoms. The highest BCUT2D eigenvalue weighted by Gasteiger charge is 2.36. The molecule has 0 spiro atoms. The van der Waals surface area contributed by atoms with E-state index in [2.05, 4.69) is 41.6 Å². The van der Waals surface area contributed by atoms with E-state index in [-0.39, 0.29) is 11.3 Å². The molecule has 1 atom stereocenters. The molecule has 1 aliphatic rings.